The van der Waals surface area contributed by atoms with Crippen LogP contribution >= 0.6 is 27.2 Å². The fourth-order valence-corrected chi connectivity index (χ4v) is 0. The molecule has 4 heteroatoms. The third kappa shape index (κ3) is 87.5. The minimum Gasteiger partial charge on any atom is 0 e. The molecule has 0 aromatic heterocycles. The first kappa shape index (κ1) is 16.7. The molecule has 0 rings (SSSR count). The normalized spacial score (nSPS) is 5.75. The molecule has 1 radical (unpaired) electrons. The maximum atomic E-state index is 3.25. The van der Waals surface area contributed by atoms with Crippen molar-refractivity contribution < 1.29 is 32.7 Å². The van der Waals surface area contributed by atoms with Crippen molar-refractivity contribution in [3.8, 4) is 0 Å². The summed E-state index contributed by atoms with van der Waals surface area (Å²) in [6, 6.07) is 0. The largest absolute Gasteiger partial charge is 0 e. The van der Waals surface area contributed by atoms with Gasteiger partial charge >= 0.3 is 40.5 Å². The summed E-state index contributed by atoms with van der Waals surface area (Å²) in [7, 11) is 0. The van der Waals surface area contributed by atoms with E-state index in [0.717, 1.165) is 0 Å². The van der Waals surface area contributed by atoms with Gasteiger partial charge in [0, 0.05) is 19.5 Å². The molecule has 0 unspecified atom stereocenters. The SMILES string of the molecule is C[C](C)C.[Br][Zn][Br].[Zn]. The predicted molar refractivity (Wildman–Crippen MR) is 38.1 cm³/mol. The summed E-state index contributed by atoms with van der Waals surface area (Å²) in [5.41, 5.74) is 0. The van der Waals surface area contributed by atoms with E-state index in [1.807, 2.05) is 0 Å². The van der Waals surface area contributed by atoms with E-state index in [2.05, 4.69) is 48.0 Å². The Hall–Kier alpha value is 2.21. The first-order chi connectivity index (χ1) is 3.15. The minimum absolute atomic E-state index is 0. The molecular formula is C4H9Br2Zn2. The van der Waals surface area contributed by atoms with Gasteiger partial charge in [-0.25, -0.2) is 0 Å². The zero-order chi connectivity index (χ0) is 6.28. The Kier molecular flexibility index (Phi) is 33.5. The van der Waals surface area contributed by atoms with E-state index in [9.17, 15) is 0 Å². The second-order valence-corrected chi connectivity index (χ2v) is 15.7. The first-order valence-electron chi connectivity index (χ1n) is 2.03. The Morgan fingerprint density at radius 1 is 1.12 bits per heavy atom. The summed E-state index contributed by atoms with van der Waals surface area (Å²) in [5.74, 6) is 1.42. The van der Waals surface area contributed by atoms with Gasteiger partial charge in [0.2, 0.25) is 0 Å². The number of rotatable bonds is 0. The number of hydrogen-bond acceptors (Lipinski definition) is 0. The average molecular weight is 348 g/mol. The molecule has 0 aliphatic carbocycles. The summed E-state index contributed by atoms with van der Waals surface area (Å²) in [4.78, 5) is 0. The fraction of sp³-hybridized carbons (Fsp3) is 0.750. The minimum atomic E-state index is -0.250. The van der Waals surface area contributed by atoms with Gasteiger partial charge in [-0.1, -0.05) is 20.8 Å². The van der Waals surface area contributed by atoms with Crippen LogP contribution in [0.1, 0.15) is 20.8 Å². The van der Waals surface area contributed by atoms with E-state index in [1.165, 1.54) is 5.92 Å². The van der Waals surface area contributed by atoms with Crippen LogP contribution in [0.5, 0.6) is 0 Å². The van der Waals surface area contributed by atoms with Gasteiger partial charge in [0.1, 0.15) is 0 Å². The van der Waals surface area contributed by atoms with Crippen LogP contribution in [-0.2, 0) is 32.7 Å². The second-order valence-electron chi connectivity index (χ2n) is 1.60. The summed E-state index contributed by atoms with van der Waals surface area (Å²) in [6.45, 7) is 6.25. The zero-order valence-electron chi connectivity index (χ0n) is 5.67. The Labute approximate surface area is 85.6 Å². The Bertz CT molecular complexity index is 23.2. The molecule has 0 fully saturated rings. The Balaban J connectivity index is -0.0000000575. The molecule has 0 nitrogen and oxygen atoms in total. The van der Waals surface area contributed by atoms with Crippen molar-refractivity contribution in [2.45, 2.75) is 20.8 Å². The van der Waals surface area contributed by atoms with Gasteiger partial charge in [-0.2, -0.15) is 0 Å². The third-order valence-corrected chi connectivity index (χ3v) is 0. The van der Waals surface area contributed by atoms with Crippen molar-refractivity contribution in [1.82, 2.24) is 0 Å². The summed E-state index contributed by atoms with van der Waals surface area (Å²) < 4.78 is 0. The number of halogens is 2. The van der Waals surface area contributed by atoms with E-state index in [0.29, 0.717) is 0 Å². The molecule has 0 saturated carbocycles. The average Bonchev–Trinajstić information content (AvgIpc) is 1.33. The van der Waals surface area contributed by atoms with Gasteiger partial charge in [0.25, 0.3) is 0 Å². The molecule has 0 heterocycles. The molecule has 0 aliphatic rings. The predicted octanol–water partition coefficient (Wildman–Crippen LogP) is 3.31. The third-order valence-electron chi connectivity index (χ3n) is 0. The molecule has 0 bridgehead atoms. The molecule has 0 aromatic rings. The topological polar surface area (TPSA) is 0 Å². The van der Waals surface area contributed by atoms with Crippen LogP contribution in [0.4, 0.5) is 0 Å². The Morgan fingerprint density at radius 2 is 1.12 bits per heavy atom. The molecule has 0 saturated heterocycles. The van der Waals surface area contributed by atoms with E-state index in [4.69, 9.17) is 0 Å². The van der Waals surface area contributed by atoms with Crippen LogP contribution < -0.4 is 0 Å². The van der Waals surface area contributed by atoms with Gasteiger partial charge < -0.3 is 0 Å². The van der Waals surface area contributed by atoms with Gasteiger partial charge in [-0.05, 0) is 5.92 Å². The molecule has 0 aliphatic heterocycles. The molecule has 0 spiro atoms. The standard InChI is InChI=1S/C4H9.2BrH.2Zn/c1-4(2)3;;;;/h1-3H3;2*1H;;/q;;;;+2/p-2. The van der Waals surface area contributed by atoms with Gasteiger partial charge in [0.05, 0.1) is 0 Å². The van der Waals surface area contributed by atoms with E-state index in [-0.39, 0.29) is 32.7 Å². The second kappa shape index (κ2) is 16.1. The molecule has 0 amide bonds. The van der Waals surface area contributed by atoms with E-state index >= 15 is 0 Å². The number of hydrogen-bond donors (Lipinski definition) is 0. The molecular weight excluding hydrogens is 339 g/mol. The molecule has 0 atom stereocenters. The van der Waals surface area contributed by atoms with Gasteiger partial charge in [-0.15, -0.1) is 0 Å². The summed E-state index contributed by atoms with van der Waals surface area (Å²) >= 11 is 6.25. The van der Waals surface area contributed by atoms with E-state index < -0.39 is 0 Å². The molecule has 0 N–H and O–H groups in total. The van der Waals surface area contributed by atoms with Crippen molar-refractivity contribution in [3.05, 3.63) is 5.92 Å². The smallest absolute Gasteiger partial charge is 0 e. The zero-order valence-corrected chi connectivity index (χ0v) is 14.8. The van der Waals surface area contributed by atoms with Crippen LogP contribution in [0.2, 0.25) is 0 Å². The van der Waals surface area contributed by atoms with Crippen molar-refractivity contribution in [2.24, 2.45) is 0 Å². The van der Waals surface area contributed by atoms with Crippen LogP contribution in [0.25, 0.3) is 0 Å². The summed E-state index contributed by atoms with van der Waals surface area (Å²) in [6.07, 6.45) is 0. The van der Waals surface area contributed by atoms with Crippen LogP contribution in [0, 0.1) is 5.92 Å². The molecule has 8 heavy (non-hydrogen) atoms. The molecule has 43 valence electrons. The Morgan fingerprint density at radius 3 is 1.12 bits per heavy atom. The summed E-state index contributed by atoms with van der Waals surface area (Å²) in [5, 5.41) is 0. The van der Waals surface area contributed by atoms with Crippen molar-refractivity contribution in [2.75, 3.05) is 0 Å². The van der Waals surface area contributed by atoms with Crippen LogP contribution in [0.3, 0.4) is 0 Å². The van der Waals surface area contributed by atoms with Crippen molar-refractivity contribution >= 4 is 27.2 Å². The fourth-order valence-electron chi connectivity index (χ4n) is 0. The quantitative estimate of drug-likeness (QED) is 0.590. The first-order valence-corrected chi connectivity index (χ1v) is 15.9. The van der Waals surface area contributed by atoms with Crippen molar-refractivity contribution in [1.29, 1.82) is 0 Å². The van der Waals surface area contributed by atoms with E-state index in [1.54, 1.807) is 0 Å². The van der Waals surface area contributed by atoms with Crippen molar-refractivity contribution in [3.63, 3.8) is 0 Å². The van der Waals surface area contributed by atoms with Crippen LogP contribution in [0.15, 0.2) is 0 Å². The van der Waals surface area contributed by atoms with Gasteiger partial charge in [0.15, 0.2) is 0 Å². The maximum Gasteiger partial charge on any atom is 0 e. The molecule has 0 aromatic carbocycles. The van der Waals surface area contributed by atoms with Gasteiger partial charge in [-0.3, -0.25) is 0 Å². The maximum absolute atomic E-state index is 3.25. The van der Waals surface area contributed by atoms with Crippen LogP contribution in [-0.4, -0.2) is 0 Å². The monoisotopic (exact) mass is 343 g/mol.